The Labute approximate surface area is 99.0 Å². The van der Waals surface area contributed by atoms with Gasteiger partial charge in [0.05, 0.1) is 0 Å². The number of amides is 1. The Morgan fingerprint density at radius 1 is 1.06 bits per heavy atom. The van der Waals surface area contributed by atoms with Crippen LogP contribution >= 0.6 is 0 Å². The van der Waals surface area contributed by atoms with Crippen molar-refractivity contribution in [2.75, 3.05) is 0 Å². The second-order valence-corrected chi connectivity index (χ2v) is 6.56. The van der Waals surface area contributed by atoms with Gasteiger partial charge in [-0.15, -0.1) is 0 Å². The predicted octanol–water partition coefficient (Wildman–Crippen LogP) is 2.54. The van der Waals surface area contributed by atoms with Gasteiger partial charge in [-0.25, -0.2) is 0 Å². The van der Waals surface area contributed by atoms with Gasteiger partial charge in [0.2, 0.25) is 5.91 Å². The summed E-state index contributed by atoms with van der Waals surface area (Å²) in [6.07, 6.45) is 0.311. The molecule has 1 unspecified atom stereocenters. The molecule has 0 aliphatic carbocycles. The molecule has 1 atom stereocenters. The van der Waals surface area contributed by atoms with E-state index in [0.717, 1.165) is 0 Å². The van der Waals surface area contributed by atoms with Crippen molar-refractivity contribution in [3.8, 4) is 0 Å². The largest absolute Gasteiger partial charge is 0.351 e. The Bertz CT molecular complexity index is 269. The quantitative estimate of drug-likeness (QED) is 0.805. The van der Waals surface area contributed by atoms with Gasteiger partial charge >= 0.3 is 0 Å². The van der Waals surface area contributed by atoms with Crippen molar-refractivity contribution in [1.82, 2.24) is 5.32 Å². The van der Waals surface area contributed by atoms with Crippen LogP contribution in [0.25, 0.3) is 0 Å². The van der Waals surface area contributed by atoms with Gasteiger partial charge in [-0.05, 0) is 33.1 Å². The molecule has 0 aliphatic heterocycles. The van der Waals surface area contributed by atoms with Crippen molar-refractivity contribution in [1.29, 1.82) is 0 Å². The van der Waals surface area contributed by atoms with Crippen LogP contribution in [0, 0.1) is 11.3 Å². The summed E-state index contributed by atoms with van der Waals surface area (Å²) in [5, 5.41) is 2.94. The first-order chi connectivity index (χ1) is 6.93. The van der Waals surface area contributed by atoms with Crippen molar-refractivity contribution in [2.24, 2.45) is 11.3 Å². The summed E-state index contributed by atoms with van der Waals surface area (Å²) in [5.41, 5.74) is -0.446. The molecule has 0 aromatic carbocycles. The molecule has 94 valence electrons. The van der Waals surface area contributed by atoms with E-state index in [9.17, 15) is 9.59 Å². The Kier molecular flexibility index (Phi) is 4.71. The fraction of sp³-hybridized carbons (Fsp3) is 0.846. The summed E-state index contributed by atoms with van der Waals surface area (Å²) < 4.78 is 0. The van der Waals surface area contributed by atoms with Gasteiger partial charge in [0.25, 0.3) is 0 Å². The Morgan fingerprint density at radius 3 is 1.75 bits per heavy atom. The molecule has 0 aromatic heterocycles. The summed E-state index contributed by atoms with van der Waals surface area (Å²) in [4.78, 5) is 23.3. The van der Waals surface area contributed by atoms with Crippen molar-refractivity contribution in [3.05, 3.63) is 0 Å². The Balaban J connectivity index is 4.78. The van der Waals surface area contributed by atoms with E-state index >= 15 is 0 Å². The SMILES string of the molecule is CC(=O)CC(C(=O)NC(C)(C)C)C(C)(C)C. The molecule has 0 radical (unpaired) electrons. The molecule has 0 spiro atoms. The minimum atomic E-state index is -0.260. The number of rotatable bonds is 3. The predicted molar refractivity (Wildman–Crippen MR) is 66.1 cm³/mol. The highest BCUT2D eigenvalue weighted by Gasteiger charge is 2.33. The zero-order valence-corrected chi connectivity index (χ0v) is 11.6. The number of carbonyl (C=O) groups excluding carboxylic acids is 2. The standard InChI is InChI=1S/C13H25NO2/c1-9(15)8-10(12(2,3)4)11(16)14-13(5,6)7/h10H,8H2,1-7H3,(H,14,16). The lowest BCUT2D eigenvalue weighted by atomic mass is 9.77. The van der Waals surface area contributed by atoms with Crippen LogP contribution in [-0.2, 0) is 9.59 Å². The topological polar surface area (TPSA) is 46.2 Å². The van der Waals surface area contributed by atoms with Crippen molar-refractivity contribution in [3.63, 3.8) is 0 Å². The molecule has 0 rings (SSSR count). The number of carbonyl (C=O) groups is 2. The number of hydrogen-bond donors (Lipinski definition) is 1. The van der Waals surface area contributed by atoms with Gasteiger partial charge in [-0.2, -0.15) is 0 Å². The lowest BCUT2D eigenvalue weighted by molar-refractivity contribution is -0.133. The van der Waals surface area contributed by atoms with E-state index in [4.69, 9.17) is 0 Å². The second-order valence-electron chi connectivity index (χ2n) is 6.56. The number of ketones is 1. The summed E-state index contributed by atoms with van der Waals surface area (Å²) in [5.74, 6) is -0.233. The Morgan fingerprint density at radius 2 is 1.50 bits per heavy atom. The molecule has 0 aromatic rings. The van der Waals surface area contributed by atoms with E-state index in [-0.39, 0.29) is 28.6 Å². The van der Waals surface area contributed by atoms with E-state index in [0.29, 0.717) is 6.42 Å². The highest BCUT2D eigenvalue weighted by molar-refractivity contribution is 5.86. The highest BCUT2D eigenvalue weighted by atomic mass is 16.2. The molecule has 0 aliphatic rings. The number of Topliss-reactive ketones (excluding diaryl/α,β-unsaturated/α-hetero) is 1. The summed E-state index contributed by atoms with van der Waals surface area (Å²) in [6.45, 7) is 13.3. The first-order valence-corrected chi connectivity index (χ1v) is 5.75. The smallest absolute Gasteiger partial charge is 0.224 e. The summed E-state index contributed by atoms with van der Waals surface area (Å²) >= 11 is 0. The zero-order chi connectivity index (χ0) is 13.1. The molecule has 0 fully saturated rings. The maximum Gasteiger partial charge on any atom is 0.224 e. The highest BCUT2D eigenvalue weighted by Crippen LogP contribution is 2.29. The molecule has 3 nitrogen and oxygen atoms in total. The summed E-state index contributed by atoms with van der Waals surface area (Å²) in [7, 11) is 0. The molecule has 1 amide bonds. The molecule has 1 N–H and O–H groups in total. The molecular formula is C13H25NO2. The van der Waals surface area contributed by atoms with Crippen LogP contribution in [0.1, 0.15) is 54.9 Å². The number of hydrogen-bond acceptors (Lipinski definition) is 2. The van der Waals surface area contributed by atoms with Crippen LogP contribution in [-0.4, -0.2) is 17.2 Å². The van der Waals surface area contributed by atoms with Crippen molar-refractivity contribution < 1.29 is 9.59 Å². The first-order valence-electron chi connectivity index (χ1n) is 5.75. The van der Waals surface area contributed by atoms with Crippen LogP contribution in [0.3, 0.4) is 0 Å². The van der Waals surface area contributed by atoms with Crippen LogP contribution < -0.4 is 5.32 Å². The molecule has 16 heavy (non-hydrogen) atoms. The van der Waals surface area contributed by atoms with Crippen molar-refractivity contribution in [2.45, 2.75) is 60.4 Å². The second kappa shape index (κ2) is 4.98. The maximum atomic E-state index is 12.1. The third-order valence-electron chi connectivity index (χ3n) is 2.35. The Hall–Kier alpha value is -0.860. The van der Waals surface area contributed by atoms with Crippen LogP contribution in [0.4, 0.5) is 0 Å². The summed E-state index contributed by atoms with van der Waals surface area (Å²) in [6, 6.07) is 0. The molecule has 0 saturated heterocycles. The molecule has 3 heteroatoms. The average Bonchev–Trinajstić information content (AvgIpc) is 1.93. The van der Waals surface area contributed by atoms with Gasteiger partial charge < -0.3 is 10.1 Å². The number of nitrogens with one attached hydrogen (secondary N) is 1. The molecular weight excluding hydrogens is 202 g/mol. The lowest BCUT2D eigenvalue weighted by Gasteiger charge is -2.32. The third kappa shape index (κ3) is 5.89. The van der Waals surface area contributed by atoms with Crippen LogP contribution in [0.5, 0.6) is 0 Å². The molecule has 0 heterocycles. The van der Waals surface area contributed by atoms with Gasteiger partial charge in [-0.3, -0.25) is 4.79 Å². The zero-order valence-electron chi connectivity index (χ0n) is 11.6. The third-order valence-corrected chi connectivity index (χ3v) is 2.35. The van der Waals surface area contributed by atoms with E-state index in [1.165, 1.54) is 6.92 Å². The van der Waals surface area contributed by atoms with Gasteiger partial charge in [0, 0.05) is 17.9 Å². The van der Waals surface area contributed by atoms with E-state index in [1.807, 2.05) is 41.5 Å². The first kappa shape index (κ1) is 15.1. The minimum Gasteiger partial charge on any atom is -0.351 e. The van der Waals surface area contributed by atoms with E-state index in [1.54, 1.807) is 0 Å². The van der Waals surface area contributed by atoms with Crippen LogP contribution in [0.2, 0.25) is 0 Å². The fourth-order valence-electron chi connectivity index (χ4n) is 1.54. The van der Waals surface area contributed by atoms with Gasteiger partial charge in [0.1, 0.15) is 5.78 Å². The van der Waals surface area contributed by atoms with Crippen LogP contribution in [0.15, 0.2) is 0 Å². The van der Waals surface area contributed by atoms with E-state index < -0.39 is 0 Å². The average molecular weight is 227 g/mol. The fourth-order valence-corrected chi connectivity index (χ4v) is 1.54. The van der Waals surface area contributed by atoms with E-state index in [2.05, 4.69) is 5.32 Å². The normalized spacial score (nSPS) is 14.4. The van der Waals surface area contributed by atoms with Gasteiger partial charge in [0.15, 0.2) is 0 Å². The molecule has 0 saturated carbocycles. The monoisotopic (exact) mass is 227 g/mol. The maximum absolute atomic E-state index is 12.1. The lowest BCUT2D eigenvalue weighted by Crippen LogP contribution is -2.47. The van der Waals surface area contributed by atoms with Gasteiger partial charge in [-0.1, -0.05) is 20.8 Å². The molecule has 0 bridgehead atoms. The minimum absolute atomic E-state index is 0.0322. The van der Waals surface area contributed by atoms with Crippen molar-refractivity contribution >= 4 is 11.7 Å².